The molecule has 0 spiro atoms. The highest BCUT2D eigenvalue weighted by Crippen LogP contribution is 2.36. The van der Waals surface area contributed by atoms with E-state index in [1.54, 1.807) is 0 Å². The summed E-state index contributed by atoms with van der Waals surface area (Å²) in [5.74, 6) is 0. The average molecular weight is 357 g/mol. The van der Waals surface area contributed by atoms with Crippen molar-refractivity contribution in [2.45, 2.75) is 71.5 Å². The highest BCUT2D eigenvalue weighted by atomic mass is 28.4. The predicted molar refractivity (Wildman–Crippen MR) is 114 cm³/mol. The fourth-order valence-electron chi connectivity index (χ4n) is 2.27. The van der Waals surface area contributed by atoms with Gasteiger partial charge in [-0.05, 0) is 67.4 Å². The molecule has 1 aromatic carbocycles. The van der Waals surface area contributed by atoms with E-state index in [2.05, 4.69) is 83.4 Å². The van der Waals surface area contributed by atoms with E-state index in [0.29, 0.717) is 6.61 Å². The summed E-state index contributed by atoms with van der Waals surface area (Å²) in [6, 6.07) is 10.7. The number of hydrogen-bond acceptors (Lipinski definition) is 1. The number of benzene rings is 1. The summed E-state index contributed by atoms with van der Waals surface area (Å²) in [5.41, 5.74) is 7.59. The minimum absolute atomic E-state index is 0.239. The van der Waals surface area contributed by atoms with Gasteiger partial charge in [0.2, 0.25) is 0 Å². The smallest absolute Gasteiger partial charge is 0.192 e. The molecule has 0 saturated heterocycles. The zero-order valence-corrected chi connectivity index (χ0v) is 18.1. The van der Waals surface area contributed by atoms with Crippen LogP contribution in [0, 0.1) is 0 Å². The molecule has 0 aliphatic rings. The average Bonchev–Trinajstić information content (AvgIpc) is 2.55. The normalized spacial score (nSPS) is 11.8. The van der Waals surface area contributed by atoms with Gasteiger partial charge in [-0.1, -0.05) is 57.2 Å². The van der Waals surface area contributed by atoms with Gasteiger partial charge in [-0.25, -0.2) is 0 Å². The van der Waals surface area contributed by atoms with E-state index in [-0.39, 0.29) is 5.04 Å². The highest BCUT2D eigenvalue weighted by molar-refractivity contribution is 6.74. The first-order valence-corrected chi connectivity index (χ1v) is 12.3. The van der Waals surface area contributed by atoms with E-state index in [1.165, 1.54) is 16.7 Å². The molecule has 0 N–H and O–H groups in total. The Morgan fingerprint density at radius 3 is 2.36 bits per heavy atom. The molecule has 2 heteroatoms. The van der Waals surface area contributed by atoms with Crippen molar-refractivity contribution in [3.8, 4) is 0 Å². The van der Waals surface area contributed by atoms with Crippen molar-refractivity contribution in [2.24, 2.45) is 0 Å². The largest absolute Gasteiger partial charge is 0.412 e. The topological polar surface area (TPSA) is 9.23 Å². The van der Waals surface area contributed by atoms with Crippen molar-refractivity contribution in [1.82, 2.24) is 0 Å². The summed E-state index contributed by atoms with van der Waals surface area (Å²) < 4.78 is 6.41. The van der Waals surface area contributed by atoms with Crippen LogP contribution >= 0.6 is 0 Å². The third kappa shape index (κ3) is 8.05. The van der Waals surface area contributed by atoms with E-state index in [1.807, 2.05) is 6.08 Å². The van der Waals surface area contributed by atoms with Gasteiger partial charge in [0.25, 0.3) is 0 Å². The maximum Gasteiger partial charge on any atom is 0.192 e. The van der Waals surface area contributed by atoms with E-state index in [9.17, 15) is 0 Å². The molecule has 138 valence electrons. The third-order valence-corrected chi connectivity index (χ3v) is 9.56. The number of hydrogen-bond donors (Lipinski definition) is 0. The van der Waals surface area contributed by atoms with Gasteiger partial charge < -0.3 is 4.43 Å². The summed E-state index contributed by atoms with van der Waals surface area (Å²) >= 11 is 0. The molecule has 0 aliphatic heterocycles. The van der Waals surface area contributed by atoms with Gasteiger partial charge in [-0.3, -0.25) is 0 Å². The Bertz CT molecular complexity index is 599. The molecule has 0 atom stereocenters. The van der Waals surface area contributed by atoms with Gasteiger partial charge in [-0.2, -0.15) is 0 Å². The standard InChI is InChI=1S/C23H36OSi/c1-8-9-13-22(19-24-25(6,7)23(3,4)5)18-20(2)16-17-21-14-11-10-12-15-21/h8,10-12,14-15H,1,9,13,16-17,19H2,2-7H3. The maximum atomic E-state index is 6.41. The lowest BCUT2D eigenvalue weighted by molar-refractivity contribution is 0.315. The minimum Gasteiger partial charge on any atom is -0.412 e. The predicted octanol–water partition coefficient (Wildman–Crippen LogP) is 7.08. The summed E-state index contributed by atoms with van der Waals surface area (Å²) in [7, 11) is -1.72. The molecule has 0 fully saturated rings. The van der Waals surface area contributed by atoms with Gasteiger partial charge in [0, 0.05) is 0 Å². The van der Waals surface area contributed by atoms with Gasteiger partial charge in [0.15, 0.2) is 8.32 Å². The van der Waals surface area contributed by atoms with E-state index >= 15 is 0 Å². The molecule has 1 aromatic rings. The van der Waals surface area contributed by atoms with Crippen LogP contribution in [0.5, 0.6) is 0 Å². The fourth-order valence-corrected chi connectivity index (χ4v) is 3.24. The number of aryl methyl sites for hydroxylation is 1. The van der Waals surface area contributed by atoms with Crippen LogP contribution in [0.2, 0.25) is 18.1 Å². The zero-order chi connectivity index (χ0) is 18.9. The second kappa shape index (κ2) is 9.96. The summed E-state index contributed by atoms with van der Waals surface area (Å²) in [6.07, 6.45) is 6.06. The maximum absolute atomic E-state index is 6.41. The molecule has 0 saturated carbocycles. The molecular weight excluding hydrogens is 320 g/mol. The van der Waals surface area contributed by atoms with Crippen molar-refractivity contribution in [1.29, 1.82) is 0 Å². The van der Waals surface area contributed by atoms with Crippen molar-refractivity contribution in [3.63, 3.8) is 0 Å². The van der Waals surface area contributed by atoms with Gasteiger partial charge in [-0.15, -0.1) is 12.3 Å². The van der Waals surface area contributed by atoms with Crippen molar-refractivity contribution >= 4 is 8.32 Å². The molecule has 1 rings (SSSR count). The Morgan fingerprint density at radius 2 is 1.80 bits per heavy atom. The van der Waals surface area contributed by atoms with Crippen LogP contribution in [0.25, 0.3) is 0 Å². The van der Waals surface area contributed by atoms with Gasteiger partial charge >= 0.3 is 0 Å². The molecular formula is C23H36OSi. The molecule has 0 aliphatic carbocycles. The monoisotopic (exact) mass is 356 g/mol. The van der Waals surface area contributed by atoms with Gasteiger partial charge in [0.1, 0.15) is 0 Å². The lowest BCUT2D eigenvalue weighted by atomic mass is 10.0. The molecule has 0 radical (unpaired) electrons. The summed E-state index contributed by atoms with van der Waals surface area (Å²) in [6.45, 7) is 18.2. The van der Waals surface area contributed by atoms with E-state index < -0.39 is 8.32 Å². The molecule has 0 unspecified atom stereocenters. The second-order valence-electron chi connectivity index (χ2n) is 8.37. The molecule has 0 amide bonds. The van der Waals surface area contributed by atoms with Crippen molar-refractivity contribution in [3.05, 3.63) is 65.4 Å². The van der Waals surface area contributed by atoms with Crippen LogP contribution in [0.1, 0.15) is 52.5 Å². The zero-order valence-electron chi connectivity index (χ0n) is 17.1. The van der Waals surface area contributed by atoms with Crippen LogP contribution < -0.4 is 0 Å². The summed E-state index contributed by atoms with van der Waals surface area (Å²) in [5, 5.41) is 0.239. The third-order valence-electron chi connectivity index (χ3n) is 5.09. The molecule has 1 nitrogen and oxygen atoms in total. The summed E-state index contributed by atoms with van der Waals surface area (Å²) in [4.78, 5) is 0. The Morgan fingerprint density at radius 1 is 1.16 bits per heavy atom. The van der Waals surface area contributed by atoms with E-state index in [0.717, 1.165) is 25.7 Å². The molecule has 0 bridgehead atoms. The van der Waals surface area contributed by atoms with Crippen molar-refractivity contribution in [2.75, 3.05) is 6.61 Å². The highest BCUT2D eigenvalue weighted by Gasteiger charge is 2.37. The Balaban J connectivity index is 2.80. The lowest BCUT2D eigenvalue weighted by Crippen LogP contribution is -2.41. The Labute approximate surface area is 156 Å². The SMILES string of the molecule is C=CCCC(=C=C(C)CCc1ccccc1)CO[Si](C)(C)C(C)(C)C. The van der Waals surface area contributed by atoms with Crippen LogP contribution in [0.4, 0.5) is 0 Å². The van der Waals surface area contributed by atoms with Crippen molar-refractivity contribution < 1.29 is 4.43 Å². The first kappa shape index (κ1) is 21.7. The molecule has 0 aromatic heterocycles. The molecule has 0 heterocycles. The quantitative estimate of drug-likeness (QED) is 0.261. The second-order valence-corrected chi connectivity index (χ2v) is 13.2. The number of rotatable bonds is 9. The minimum atomic E-state index is -1.72. The van der Waals surface area contributed by atoms with Gasteiger partial charge in [0.05, 0.1) is 6.61 Å². The van der Waals surface area contributed by atoms with Crippen LogP contribution in [0.3, 0.4) is 0 Å². The first-order chi connectivity index (χ1) is 11.7. The van der Waals surface area contributed by atoms with Crippen LogP contribution in [-0.4, -0.2) is 14.9 Å². The fraction of sp³-hybridized carbons (Fsp3) is 0.522. The van der Waals surface area contributed by atoms with Crippen LogP contribution in [-0.2, 0) is 10.8 Å². The van der Waals surface area contributed by atoms with Crippen LogP contribution in [0.15, 0.2) is 59.9 Å². The Hall–Kier alpha value is -1.34. The number of allylic oxidation sites excluding steroid dienone is 1. The first-order valence-electron chi connectivity index (χ1n) is 9.38. The Kier molecular flexibility index (Phi) is 8.65. The van der Waals surface area contributed by atoms with E-state index in [4.69, 9.17) is 4.43 Å². The molecule has 25 heavy (non-hydrogen) atoms. The lowest BCUT2D eigenvalue weighted by Gasteiger charge is -2.36.